The molecule has 158 valence electrons. The molecule has 0 fully saturated rings. The van der Waals surface area contributed by atoms with E-state index in [9.17, 15) is 24.6 Å². The minimum atomic E-state index is -0.998. The zero-order valence-electron chi connectivity index (χ0n) is 16.3. The van der Waals surface area contributed by atoms with Crippen molar-refractivity contribution in [3.8, 4) is 11.1 Å². The smallest absolute Gasteiger partial charge is 0.306 e. The fraction of sp³-hybridized carbons (Fsp3) is 0.227. The zero-order valence-corrected chi connectivity index (χ0v) is 17.1. The van der Waals surface area contributed by atoms with Crippen molar-refractivity contribution in [1.82, 2.24) is 5.32 Å². The Kier molecular flexibility index (Phi) is 8.00. The Bertz CT molecular complexity index is 956. The van der Waals surface area contributed by atoms with Gasteiger partial charge in [0.15, 0.2) is 5.76 Å². The molecule has 2 amide bonds. The number of aliphatic carboxylic acids is 1. The molecule has 0 saturated heterocycles. The summed E-state index contributed by atoms with van der Waals surface area (Å²) in [5, 5.41) is 22.0. The van der Waals surface area contributed by atoms with Crippen LogP contribution >= 0.6 is 11.6 Å². The van der Waals surface area contributed by atoms with Crippen molar-refractivity contribution in [2.75, 3.05) is 0 Å². The first kappa shape index (κ1) is 23.0. The summed E-state index contributed by atoms with van der Waals surface area (Å²) in [7, 11) is 0. The lowest BCUT2D eigenvalue weighted by atomic mass is 9.95. The van der Waals surface area contributed by atoms with Gasteiger partial charge in [0.2, 0.25) is 5.91 Å². The first-order valence-electron chi connectivity index (χ1n) is 9.24. The van der Waals surface area contributed by atoms with Crippen molar-refractivity contribution in [1.29, 1.82) is 0 Å². The molecule has 0 radical (unpaired) electrons. The molecule has 0 aromatic heterocycles. The van der Waals surface area contributed by atoms with Crippen molar-refractivity contribution in [2.45, 2.75) is 25.8 Å². The Balaban J connectivity index is 2.17. The first-order chi connectivity index (χ1) is 14.2. The summed E-state index contributed by atoms with van der Waals surface area (Å²) in [6.45, 7) is 1.53. The third-order valence-electron chi connectivity index (χ3n) is 4.50. The second-order valence-corrected chi connectivity index (χ2v) is 7.43. The second-order valence-electron chi connectivity index (χ2n) is 6.99. The fourth-order valence-electron chi connectivity index (χ4n) is 2.97. The lowest BCUT2D eigenvalue weighted by Gasteiger charge is -2.21. The third-order valence-corrected chi connectivity index (χ3v) is 4.74. The van der Waals surface area contributed by atoms with Gasteiger partial charge in [0.05, 0.1) is 12.0 Å². The van der Waals surface area contributed by atoms with Gasteiger partial charge in [-0.05, 0) is 41.7 Å². The van der Waals surface area contributed by atoms with E-state index in [4.69, 9.17) is 17.3 Å². The maximum Gasteiger partial charge on any atom is 0.306 e. The van der Waals surface area contributed by atoms with Gasteiger partial charge in [-0.1, -0.05) is 54.9 Å². The van der Waals surface area contributed by atoms with Gasteiger partial charge in [0.1, 0.15) is 0 Å². The number of rotatable bonds is 9. The molecule has 0 saturated carbocycles. The molecule has 0 aliphatic rings. The van der Waals surface area contributed by atoms with Gasteiger partial charge in [-0.25, -0.2) is 0 Å². The summed E-state index contributed by atoms with van der Waals surface area (Å²) in [5.41, 5.74) is 7.72. The lowest BCUT2D eigenvalue weighted by molar-refractivity contribution is -0.141. The largest absolute Gasteiger partial charge is 0.503 e. The van der Waals surface area contributed by atoms with E-state index in [-0.39, 0.29) is 6.42 Å². The fourth-order valence-corrected chi connectivity index (χ4v) is 3.16. The molecule has 0 heterocycles. The number of hydrogen-bond donors (Lipinski definition) is 4. The number of primary amides is 1. The van der Waals surface area contributed by atoms with Gasteiger partial charge in [0, 0.05) is 11.1 Å². The zero-order chi connectivity index (χ0) is 22.3. The normalized spacial score (nSPS) is 13.3. The SMILES string of the molecule is C[C@H](C[C@@H](Cc1ccc(-c2cccc(Cl)c2)cc1)NC(=O)/C(O)=C/C(N)=O)C(=O)O. The van der Waals surface area contributed by atoms with E-state index in [0.29, 0.717) is 17.5 Å². The molecule has 0 spiro atoms. The molecule has 2 atom stereocenters. The molecule has 0 bridgehead atoms. The van der Waals surface area contributed by atoms with E-state index >= 15 is 0 Å². The predicted molar refractivity (Wildman–Crippen MR) is 114 cm³/mol. The number of nitrogens with two attached hydrogens (primary N) is 1. The van der Waals surface area contributed by atoms with Gasteiger partial charge < -0.3 is 21.3 Å². The highest BCUT2D eigenvalue weighted by molar-refractivity contribution is 6.30. The van der Waals surface area contributed by atoms with Gasteiger partial charge in [0.25, 0.3) is 5.91 Å². The monoisotopic (exact) mass is 430 g/mol. The number of aliphatic hydroxyl groups is 1. The minimum absolute atomic E-state index is 0.140. The number of benzene rings is 2. The average Bonchev–Trinajstić information content (AvgIpc) is 2.67. The summed E-state index contributed by atoms with van der Waals surface area (Å²) in [4.78, 5) is 34.2. The molecule has 2 rings (SSSR count). The molecule has 0 unspecified atom stereocenters. The van der Waals surface area contributed by atoms with Gasteiger partial charge in [-0.15, -0.1) is 0 Å². The van der Waals surface area contributed by atoms with Gasteiger partial charge in [-0.3, -0.25) is 14.4 Å². The Morgan fingerprint density at radius 1 is 1.10 bits per heavy atom. The minimum Gasteiger partial charge on any atom is -0.503 e. The first-order valence-corrected chi connectivity index (χ1v) is 9.62. The Hall–Kier alpha value is -3.32. The topological polar surface area (TPSA) is 130 Å². The maximum atomic E-state index is 12.1. The molecular weight excluding hydrogens is 408 g/mol. The van der Waals surface area contributed by atoms with Crippen molar-refractivity contribution in [3.63, 3.8) is 0 Å². The van der Waals surface area contributed by atoms with Crippen LogP contribution in [0.4, 0.5) is 0 Å². The Morgan fingerprint density at radius 2 is 1.77 bits per heavy atom. The highest BCUT2D eigenvalue weighted by Crippen LogP contribution is 2.23. The van der Waals surface area contributed by atoms with Crippen LogP contribution in [0.5, 0.6) is 0 Å². The third kappa shape index (κ3) is 6.93. The summed E-state index contributed by atoms with van der Waals surface area (Å²) < 4.78 is 0. The van der Waals surface area contributed by atoms with Crippen LogP contribution in [0, 0.1) is 5.92 Å². The second kappa shape index (κ2) is 10.5. The van der Waals surface area contributed by atoms with E-state index in [1.807, 2.05) is 42.5 Å². The van der Waals surface area contributed by atoms with Crippen molar-refractivity contribution in [3.05, 3.63) is 71.0 Å². The number of carboxylic acid groups (broad SMARTS) is 1. The van der Waals surface area contributed by atoms with Gasteiger partial charge in [-0.2, -0.15) is 0 Å². The highest BCUT2D eigenvalue weighted by Gasteiger charge is 2.22. The van der Waals surface area contributed by atoms with Crippen LogP contribution < -0.4 is 11.1 Å². The van der Waals surface area contributed by atoms with E-state index < -0.39 is 35.5 Å². The molecule has 0 aliphatic carbocycles. The number of nitrogens with one attached hydrogen (secondary N) is 1. The molecule has 2 aromatic carbocycles. The molecule has 5 N–H and O–H groups in total. The molecule has 30 heavy (non-hydrogen) atoms. The average molecular weight is 431 g/mol. The Labute approximate surface area is 179 Å². The number of carbonyl (C=O) groups is 3. The van der Waals surface area contributed by atoms with Crippen LogP contribution in [0.2, 0.25) is 5.02 Å². The van der Waals surface area contributed by atoms with Crippen LogP contribution in [-0.4, -0.2) is 34.0 Å². The molecule has 8 heteroatoms. The Morgan fingerprint density at radius 3 is 2.33 bits per heavy atom. The van der Waals surface area contributed by atoms with Crippen LogP contribution in [-0.2, 0) is 20.8 Å². The number of hydrogen-bond acceptors (Lipinski definition) is 4. The van der Waals surface area contributed by atoms with Crippen LogP contribution in [0.1, 0.15) is 18.9 Å². The molecule has 0 aliphatic heterocycles. The van der Waals surface area contributed by atoms with E-state index in [1.165, 1.54) is 6.92 Å². The highest BCUT2D eigenvalue weighted by atomic mass is 35.5. The number of amides is 2. The van der Waals surface area contributed by atoms with Gasteiger partial charge >= 0.3 is 5.97 Å². The van der Waals surface area contributed by atoms with Crippen molar-refractivity contribution < 1.29 is 24.6 Å². The number of halogens is 1. The number of carbonyl (C=O) groups excluding carboxylic acids is 2. The standard InChI is InChI=1S/C22H23ClN2O5/c1-13(22(29)30)9-18(25-21(28)19(26)12-20(24)27)10-14-5-7-15(8-6-14)16-3-2-4-17(23)11-16/h2-8,11-13,18,26H,9-10H2,1H3,(H2,24,27)(H,25,28)(H,29,30)/b19-12-/t13-,18+/m1/s1. The molecule has 7 nitrogen and oxygen atoms in total. The van der Waals surface area contributed by atoms with E-state index in [2.05, 4.69) is 5.32 Å². The molecular formula is C22H23ClN2O5. The van der Waals surface area contributed by atoms with Crippen molar-refractivity contribution >= 4 is 29.4 Å². The van der Waals surface area contributed by atoms with Crippen LogP contribution in [0.15, 0.2) is 60.4 Å². The van der Waals surface area contributed by atoms with Crippen LogP contribution in [0.3, 0.4) is 0 Å². The van der Waals surface area contributed by atoms with E-state index in [0.717, 1.165) is 16.7 Å². The summed E-state index contributed by atoms with van der Waals surface area (Å²) >= 11 is 6.03. The summed E-state index contributed by atoms with van der Waals surface area (Å²) in [5.74, 6) is -4.40. The summed E-state index contributed by atoms with van der Waals surface area (Å²) in [6.07, 6.45) is 1.08. The van der Waals surface area contributed by atoms with Crippen molar-refractivity contribution in [2.24, 2.45) is 11.7 Å². The maximum absolute atomic E-state index is 12.1. The number of carboxylic acids is 1. The quantitative estimate of drug-likeness (QED) is 0.359. The van der Waals surface area contributed by atoms with E-state index in [1.54, 1.807) is 6.07 Å². The molecule has 2 aromatic rings. The number of aliphatic hydroxyl groups excluding tert-OH is 1. The van der Waals surface area contributed by atoms with Crippen LogP contribution in [0.25, 0.3) is 11.1 Å². The lowest BCUT2D eigenvalue weighted by Crippen LogP contribution is -2.39. The summed E-state index contributed by atoms with van der Waals surface area (Å²) in [6, 6.07) is 14.4. The predicted octanol–water partition coefficient (Wildman–Crippen LogP) is 3.07.